The van der Waals surface area contributed by atoms with Crippen molar-refractivity contribution >= 4 is 11.6 Å². The minimum absolute atomic E-state index is 0.337. The molecule has 0 unspecified atom stereocenters. The van der Waals surface area contributed by atoms with Crippen molar-refractivity contribution in [3.63, 3.8) is 0 Å². The van der Waals surface area contributed by atoms with Crippen molar-refractivity contribution in [2.75, 3.05) is 19.6 Å². The Bertz CT molecular complexity index is 404. The second-order valence-corrected chi connectivity index (χ2v) is 5.21. The van der Waals surface area contributed by atoms with Gasteiger partial charge in [0.1, 0.15) is 10.8 Å². The van der Waals surface area contributed by atoms with Crippen molar-refractivity contribution in [2.45, 2.75) is 18.4 Å². The van der Waals surface area contributed by atoms with Crippen molar-refractivity contribution in [3.05, 3.63) is 29.0 Å². The van der Waals surface area contributed by atoms with Gasteiger partial charge < -0.3 is 10.0 Å². The van der Waals surface area contributed by atoms with E-state index in [0.29, 0.717) is 17.6 Å². The minimum atomic E-state index is -0.790. The van der Waals surface area contributed by atoms with E-state index in [1.54, 1.807) is 6.07 Å². The normalized spacial score (nSPS) is 37.6. The molecule has 0 radical (unpaired) electrons. The van der Waals surface area contributed by atoms with Crippen LogP contribution in [0.5, 0.6) is 0 Å². The van der Waals surface area contributed by atoms with Crippen LogP contribution in [0.25, 0.3) is 0 Å². The molecule has 2 bridgehead atoms. The number of fused-ring (bicyclic) bond motifs is 3. The van der Waals surface area contributed by atoms with Gasteiger partial charge in [-0.1, -0.05) is 17.7 Å². The first-order valence-electron chi connectivity index (χ1n) is 5.76. The fourth-order valence-electron chi connectivity index (χ4n) is 2.98. The highest BCUT2D eigenvalue weighted by Crippen LogP contribution is 2.41. The summed E-state index contributed by atoms with van der Waals surface area (Å²) < 4.78 is 0. The molecular formula is C12H15ClN2O. The van der Waals surface area contributed by atoms with E-state index >= 15 is 0 Å². The Kier molecular flexibility index (Phi) is 2.42. The molecule has 0 spiro atoms. The molecule has 0 amide bonds. The van der Waals surface area contributed by atoms with Gasteiger partial charge in [-0.05, 0) is 44.0 Å². The number of hydrogen-bond donors (Lipinski definition) is 1. The average Bonchev–Trinajstić information content (AvgIpc) is 2.30. The standard InChI is InChI=1S/C12H15ClN2O/c13-11-3-1-2-10(14-11)12(16)8-15-6-4-9(12)5-7-15/h1-3,9,16H,4-8H2/t12-/m1/s1. The summed E-state index contributed by atoms with van der Waals surface area (Å²) in [5, 5.41) is 11.3. The molecular weight excluding hydrogens is 224 g/mol. The van der Waals surface area contributed by atoms with Gasteiger partial charge in [-0.15, -0.1) is 0 Å². The lowest BCUT2D eigenvalue weighted by molar-refractivity contribution is -0.120. The lowest BCUT2D eigenvalue weighted by Gasteiger charge is -2.50. The first-order valence-corrected chi connectivity index (χ1v) is 6.14. The molecule has 1 atom stereocenters. The van der Waals surface area contributed by atoms with E-state index in [-0.39, 0.29) is 0 Å². The quantitative estimate of drug-likeness (QED) is 0.756. The summed E-state index contributed by atoms with van der Waals surface area (Å²) in [5.41, 5.74) is -0.0594. The number of rotatable bonds is 1. The van der Waals surface area contributed by atoms with Gasteiger partial charge in [-0.2, -0.15) is 0 Å². The predicted octanol–water partition coefficient (Wildman–Crippen LogP) is 1.65. The fourth-order valence-corrected chi connectivity index (χ4v) is 3.14. The summed E-state index contributed by atoms with van der Waals surface area (Å²) in [6, 6.07) is 5.49. The monoisotopic (exact) mass is 238 g/mol. The van der Waals surface area contributed by atoms with Crippen molar-refractivity contribution in [2.24, 2.45) is 5.92 Å². The Labute approximate surface area is 100 Å². The molecule has 3 nitrogen and oxygen atoms in total. The Morgan fingerprint density at radius 2 is 2.12 bits per heavy atom. The maximum atomic E-state index is 10.8. The van der Waals surface area contributed by atoms with Gasteiger partial charge in [0.25, 0.3) is 0 Å². The molecule has 4 rings (SSSR count). The second kappa shape index (κ2) is 3.69. The fraction of sp³-hybridized carbons (Fsp3) is 0.583. The Balaban J connectivity index is 1.99. The summed E-state index contributed by atoms with van der Waals surface area (Å²) in [6.45, 7) is 2.91. The number of aromatic nitrogens is 1. The van der Waals surface area contributed by atoms with Crippen LogP contribution < -0.4 is 0 Å². The smallest absolute Gasteiger partial charge is 0.129 e. The first-order chi connectivity index (χ1) is 7.68. The maximum absolute atomic E-state index is 10.8. The molecule has 3 aliphatic rings. The molecule has 3 saturated heterocycles. The summed E-state index contributed by atoms with van der Waals surface area (Å²) in [4.78, 5) is 6.58. The number of piperidine rings is 3. The number of pyridine rings is 1. The van der Waals surface area contributed by atoms with Gasteiger partial charge in [0.2, 0.25) is 0 Å². The maximum Gasteiger partial charge on any atom is 0.129 e. The molecule has 0 aromatic carbocycles. The molecule has 4 heterocycles. The van der Waals surface area contributed by atoms with Crippen LogP contribution in [0.4, 0.5) is 0 Å². The lowest BCUT2D eigenvalue weighted by Crippen LogP contribution is -2.57. The third-order valence-electron chi connectivity index (χ3n) is 3.89. The van der Waals surface area contributed by atoms with E-state index in [9.17, 15) is 5.11 Å². The van der Waals surface area contributed by atoms with Crippen molar-refractivity contribution in [1.29, 1.82) is 0 Å². The highest BCUT2D eigenvalue weighted by molar-refractivity contribution is 6.29. The Hall–Kier alpha value is -0.640. The van der Waals surface area contributed by atoms with E-state index in [2.05, 4.69) is 9.88 Å². The van der Waals surface area contributed by atoms with Crippen LogP contribution in [-0.4, -0.2) is 34.6 Å². The van der Waals surface area contributed by atoms with Gasteiger partial charge in [-0.25, -0.2) is 4.98 Å². The molecule has 16 heavy (non-hydrogen) atoms. The van der Waals surface area contributed by atoms with Gasteiger partial charge in [0, 0.05) is 6.54 Å². The van der Waals surface area contributed by atoms with Crippen LogP contribution in [0.2, 0.25) is 5.15 Å². The topological polar surface area (TPSA) is 36.4 Å². The molecule has 1 aromatic rings. The third kappa shape index (κ3) is 1.54. The number of hydrogen-bond acceptors (Lipinski definition) is 3. The zero-order chi connectivity index (χ0) is 11.2. The van der Waals surface area contributed by atoms with Gasteiger partial charge in [0.15, 0.2) is 0 Å². The molecule has 1 N–H and O–H groups in total. The van der Waals surface area contributed by atoms with Gasteiger partial charge in [-0.3, -0.25) is 0 Å². The van der Waals surface area contributed by atoms with Crippen LogP contribution in [0, 0.1) is 5.92 Å². The van der Waals surface area contributed by atoms with Crippen LogP contribution in [0.15, 0.2) is 18.2 Å². The number of nitrogens with zero attached hydrogens (tertiary/aromatic N) is 2. The SMILES string of the molecule is O[C@]1(c2cccc(Cl)n2)CN2CCC1CC2. The Morgan fingerprint density at radius 1 is 1.38 bits per heavy atom. The first kappa shape index (κ1) is 10.5. The van der Waals surface area contributed by atoms with Crippen LogP contribution in [0.1, 0.15) is 18.5 Å². The molecule has 4 heteroatoms. The van der Waals surface area contributed by atoms with Crippen LogP contribution in [-0.2, 0) is 5.60 Å². The molecule has 86 valence electrons. The summed E-state index contributed by atoms with van der Waals surface area (Å²) in [6.07, 6.45) is 2.12. The zero-order valence-corrected chi connectivity index (χ0v) is 9.82. The van der Waals surface area contributed by atoms with E-state index in [1.807, 2.05) is 12.1 Å². The molecule has 3 fully saturated rings. The minimum Gasteiger partial charge on any atom is -0.382 e. The lowest BCUT2D eigenvalue weighted by atomic mass is 9.73. The highest BCUT2D eigenvalue weighted by Gasteiger charge is 2.47. The zero-order valence-electron chi connectivity index (χ0n) is 9.06. The molecule has 1 aromatic heterocycles. The summed E-state index contributed by atoms with van der Waals surface area (Å²) >= 11 is 5.89. The van der Waals surface area contributed by atoms with E-state index in [0.717, 1.165) is 31.6 Å². The van der Waals surface area contributed by atoms with Crippen molar-refractivity contribution in [3.8, 4) is 0 Å². The van der Waals surface area contributed by atoms with E-state index in [1.165, 1.54) is 0 Å². The third-order valence-corrected chi connectivity index (χ3v) is 4.10. The molecule has 0 aliphatic carbocycles. The number of aliphatic hydroxyl groups is 1. The predicted molar refractivity (Wildman–Crippen MR) is 62.3 cm³/mol. The number of halogens is 1. The van der Waals surface area contributed by atoms with Gasteiger partial charge in [0.05, 0.1) is 5.69 Å². The largest absolute Gasteiger partial charge is 0.382 e. The second-order valence-electron chi connectivity index (χ2n) is 4.82. The van der Waals surface area contributed by atoms with Crippen molar-refractivity contribution < 1.29 is 5.11 Å². The summed E-state index contributed by atoms with van der Waals surface area (Å²) in [5.74, 6) is 0.337. The average molecular weight is 239 g/mol. The highest BCUT2D eigenvalue weighted by atomic mass is 35.5. The molecule has 0 saturated carbocycles. The van der Waals surface area contributed by atoms with Crippen molar-refractivity contribution in [1.82, 2.24) is 9.88 Å². The van der Waals surface area contributed by atoms with Crippen LogP contribution >= 0.6 is 11.6 Å². The molecule has 3 aliphatic heterocycles. The Morgan fingerprint density at radius 3 is 2.69 bits per heavy atom. The van der Waals surface area contributed by atoms with Crippen LogP contribution in [0.3, 0.4) is 0 Å². The summed E-state index contributed by atoms with van der Waals surface area (Å²) in [7, 11) is 0. The van der Waals surface area contributed by atoms with E-state index < -0.39 is 5.60 Å². The van der Waals surface area contributed by atoms with Gasteiger partial charge >= 0.3 is 0 Å². The van der Waals surface area contributed by atoms with E-state index in [4.69, 9.17) is 11.6 Å².